The van der Waals surface area contributed by atoms with Crippen molar-refractivity contribution in [1.82, 2.24) is 15.0 Å². The molecule has 0 aliphatic rings. The number of nitrogens with one attached hydrogen (secondary N) is 2. The third kappa shape index (κ3) is 7.46. The van der Waals surface area contributed by atoms with Crippen molar-refractivity contribution in [3.8, 4) is 0 Å². The van der Waals surface area contributed by atoms with Crippen molar-refractivity contribution in [2.24, 2.45) is 11.8 Å². The molecule has 0 bridgehead atoms. The van der Waals surface area contributed by atoms with Gasteiger partial charge in [0.25, 0.3) is 0 Å². The standard InChI is InChI=1S/C15H28ClN5/c1-9(2)7-11(5)17-14-19-13(16)20-15(21-14)18-12(6)8-10(3)4/h9-12H,7-8H2,1-6H3,(H2,17,18,19,20,21). The maximum Gasteiger partial charge on any atom is 0.229 e. The van der Waals surface area contributed by atoms with Gasteiger partial charge in [0, 0.05) is 12.1 Å². The van der Waals surface area contributed by atoms with Crippen LogP contribution in [0.4, 0.5) is 11.9 Å². The molecule has 1 aromatic rings. The van der Waals surface area contributed by atoms with Crippen LogP contribution in [0.15, 0.2) is 0 Å². The molecule has 6 heteroatoms. The van der Waals surface area contributed by atoms with E-state index >= 15 is 0 Å². The Balaban J connectivity index is 2.70. The van der Waals surface area contributed by atoms with E-state index in [1.165, 1.54) is 0 Å². The zero-order valence-corrected chi connectivity index (χ0v) is 14.7. The van der Waals surface area contributed by atoms with Gasteiger partial charge in [0.1, 0.15) is 0 Å². The first-order valence-electron chi connectivity index (χ1n) is 7.71. The summed E-state index contributed by atoms with van der Waals surface area (Å²) in [7, 11) is 0. The van der Waals surface area contributed by atoms with Gasteiger partial charge in [0.15, 0.2) is 0 Å². The molecule has 21 heavy (non-hydrogen) atoms. The van der Waals surface area contributed by atoms with Crippen molar-refractivity contribution in [2.45, 2.75) is 66.5 Å². The van der Waals surface area contributed by atoms with E-state index in [2.05, 4.69) is 67.1 Å². The fourth-order valence-corrected chi connectivity index (χ4v) is 2.61. The summed E-state index contributed by atoms with van der Waals surface area (Å²) >= 11 is 5.99. The number of hydrogen-bond acceptors (Lipinski definition) is 5. The van der Waals surface area contributed by atoms with Crippen LogP contribution in [-0.2, 0) is 0 Å². The Hall–Kier alpha value is -1.10. The van der Waals surface area contributed by atoms with Gasteiger partial charge in [-0.2, -0.15) is 15.0 Å². The zero-order chi connectivity index (χ0) is 16.0. The second-order valence-corrected chi connectivity index (χ2v) is 6.94. The van der Waals surface area contributed by atoms with Crippen LogP contribution < -0.4 is 10.6 Å². The lowest BCUT2D eigenvalue weighted by atomic mass is 10.1. The smallest absolute Gasteiger partial charge is 0.229 e. The van der Waals surface area contributed by atoms with Gasteiger partial charge in [-0.25, -0.2) is 0 Å². The highest BCUT2D eigenvalue weighted by Gasteiger charge is 2.12. The lowest BCUT2D eigenvalue weighted by molar-refractivity contribution is 0.535. The molecular formula is C15H28ClN5. The van der Waals surface area contributed by atoms with E-state index in [9.17, 15) is 0 Å². The number of nitrogens with zero attached hydrogens (tertiary/aromatic N) is 3. The predicted octanol–water partition coefficient (Wildman–Crippen LogP) is 4.22. The molecule has 0 amide bonds. The van der Waals surface area contributed by atoms with E-state index in [4.69, 9.17) is 11.6 Å². The average Bonchev–Trinajstić information content (AvgIpc) is 2.24. The van der Waals surface area contributed by atoms with Crippen LogP contribution in [0.3, 0.4) is 0 Å². The van der Waals surface area contributed by atoms with E-state index in [1.807, 2.05) is 0 Å². The first kappa shape index (κ1) is 18.0. The predicted molar refractivity (Wildman–Crippen MR) is 89.9 cm³/mol. The van der Waals surface area contributed by atoms with Crippen molar-refractivity contribution in [2.75, 3.05) is 10.6 Å². The molecule has 2 N–H and O–H groups in total. The van der Waals surface area contributed by atoms with Crippen LogP contribution in [0.2, 0.25) is 5.28 Å². The molecule has 0 aliphatic heterocycles. The molecule has 2 atom stereocenters. The molecule has 1 aromatic heterocycles. The molecule has 1 heterocycles. The Labute approximate surface area is 133 Å². The normalized spacial score (nSPS) is 14.3. The topological polar surface area (TPSA) is 62.7 Å². The molecule has 1 rings (SSSR count). The summed E-state index contributed by atoms with van der Waals surface area (Å²) in [5, 5.41) is 6.78. The van der Waals surface area contributed by atoms with Crippen molar-refractivity contribution in [1.29, 1.82) is 0 Å². The Morgan fingerprint density at radius 2 is 1.14 bits per heavy atom. The maximum atomic E-state index is 5.99. The molecule has 5 nitrogen and oxygen atoms in total. The fourth-order valence-electron chi connectivity index (χ4n) is 2.45. The Morgan fingerprint density at radius 1 is 0.762 bits per heavy atom. The molecule has 2 unspecified atom stereocenters. The van der Waals surface area contributed by atoms with Crippen molar-refractivity contribution in [3.63, 3.8) is 0 Å². The fraction of sp³-hybridized carbons (Fsp3) is 0.800. The SMILES string of the molecule is CC(C)CC(C)Nc1nc(Cl)nc(NC(C)CC(C)C)n1. The summed E-state index contributed by atoms with van der Waals surface area (Å²) in [6.45, 7) is 13.0. The Morgan fingerprint density at radius 3 is 1.48 bits per heavy atom. The van der Waals surface area contributed by atoms with Gasteiger partial charge in [-0.3, -0.25) is 0 Å². The Kier molecular flexibility index (Phi) is 7.15. The van der Waals surface area contributed by atoms with Gasteiger partial charge in [0.05, 0.1) is 0 Å². The summed E-state index contributed by atoms with van der Waals surface area (Å²) in [4.78, 5) is 12.7. The molecule has 0 saturated heterocycles. The van der Waals surface area contributed by atoms with Gasteiger partial charge in [-0.05, 0) is 50.1 Å². The third-order valence-electron chi connectivity index (χ3n) is 3.01. The van der Waals surface area contributed by atoms with Crippen LogP contribution in [0.5, 0.6) is 0 Å². The first-order valence-corrected chi connectivity index (χ1v) is 8.08. The first-order chi connectivity index (χ1) is 9.76. The number of halogens is 1. The summed E-state index contributed by atoms with van der Waals surface area (Å²) in [6.07, 6.45) is 2.10. The van der Waals surface area contributed by atoms with Gasteiger partial charge < -0.3 is 10.6 Å². The van der Waals surface area contributed by atoms with E-state index in [0.717, 1.165) is 12.8 Å². The maximum absolute atomic E-state index is 5.99. The molecule has 0 saturated carbocycles. The molecule has 0 aliphatic carbocycles. The van der Waals surface area contributed by atoms with Gasteiger partial charge in [0.2, 0.25) is 17.2 Å². The van der Waals surface area contributed by atoms with E-state index in [1.54, 1.807) is 0 Å². The molecule has 0 fully saturated rings. The summed E-state index contributed by atoms with van der Waals surface area (Å²) in [6, 6.07) is 0.591. The highest BCUT2D eigenvalue weighted by atomic mass is 35.5. The summed E-state index contributed by atoms with van der Waals surface area (Å²) < 4.78 is 0. The number of hydrogen-bond donors (Lipinski definition) is 2. The van der Waals surface area contributed by atoms with Gasteiger partial charge in [-0.1, -0.05) is 27.7 Å². The van der Waals surface area contributed by atoms with Crippen LogP contribution >= 0.6 is 11.6 Å². The molecule has 120 valence electrons. The second kappa shape index (κ2) is 8.37. The quantitative estimate of drug-likeness (QED) is 0.752. The van der Waals surface area contributed by atoms with E-state index in [0.29, 0.717) is 35.8 Å². The monoisotopic (exact) mass is 313 g/mol. The summed E-state index contributed by atoms with van der Waals surface area (Å²) in [5.74, 6) is 2.30. The van der Waals surface area contributed by atoms with Crippen molar-refractivity contribution in [3.05, 3.63) is 5.28 Å². The van der Waals surface area contributed by atoms with Crippen molar-refractivity contribution >= 4 is 23.5 Å². The number of aromatic nitrogens is 3. The van der Waals surface area contributed by atoms with Crippen molar-refractivity contribution < 1.29 is 0 Å². The minimum atomic E-state index is 0.212. The zero-order valence-electron chi connectivity index (χ0n) is 13.9. The number of anilines is 2. The van der Waals surface area contributed by atoms with Gasteiger partial charge >= 0.3 is 0 Å². The minimum Gasteiger partial charge on any atom is -0.352 e. The van der Waals surface area contributed by atoms with Crippen LogP contribution in [-0.4, -0.2) is 27.0 Å². The molecule has 0 radical (unpaired) electrons. The van der Waals surface area contributed by atoms with Crippen LogP contribution in [0, 0.1) is 11.8 Å². The molecule has 0 spiro atoms. The second-order valence-electron chi connectivity index (χ2n) is 6.60. The van der Waals surface area contributed by atoms with Crippen LogP contribution in [0.25, 0.3) is 0 Å². The third-order valence-corrected chi connectivity index (χ3v) is 3.18. The van der Waals surface area contributed by atoms with E-state index in [-0.39, 0.29) is 5.28 Å². The highest BCUT2D eigenvalue weighted by Crippen LogP contribution is 2.15. The largest absolute Gasteiger partial charge is 0.352 e. The summed E-state index contributed by atoms with van der Waals surface area (Å²) in [5.41, 5.74) is 0. The molecular weight excluding hydrogens is 286 g/mol. The van der Waals surface area contributed by atoms with E-state index < -0.39 is 0 Å². The Bertz CT molecular complexity index is 400. The number of rotatable bonds is 8. The highest BCUT2D eigenvalue weighted by molar-refractivity contribution is 6.28. The lowest BCUT2D eigenvalue weighted by Crippen LogP contribution is -2.22. The van der Waals surface area contributed by atoms with Gasteiger partial charge in [-0.15, -0.1) is 0 Å². The minimum absolute atomic E-state index is 0.212. The lowest BCUT2D eigenvalue weighted by Gasteiger charge is -2.18. The average molecular weight is 314 g/mol. The molecule has 0 aromatic carbocycles. The van der Waals surface area contributed by atoms with Crippen LogP contribution in [0.1, 0.15) is 54.4 Å².